The van der Waals surface area contributed by atoms with Gasteiger partial charge in [0.05, 0.1) is 12.3 Å². The molecule has 2 heterocycles. The molecular weight excluding hydrogens is 439 g/mol. The highest BCUT2D eigenvalue weighted by molar-refractivity contribution is 7.17. The number of Topliss-reactive ketones (excluding diaryl/α,β-unsaturated/α-hetero) is 1. The van der Waals surface area contributed by atoms with Gasteiger partial charge < -0.3 is 0 Å². The van der Waals surface area contributed by atoms with Crippen molar-refractivity contribution in [2.45, 2.75) is 13.8 Å². The summed E-state index contributed by atoms with van der Waals surface area (Å²) in [5, 5.41) is 1.78. The van der Waals surface area contributed by atoms with Crippen LogP contribution in [0.15, 0.2) is 53.5 Å². The number of rotatable bonds is 4. The normalized spacial score (nSPS) is 13.7. The zero-order chi connectivity index (χ0) is 21.4. The average Bonchev–Trinajstić information content (AvgIpc) is 2.94. The Hall–Kier alpha value is -2.47. The Morgan fingerprint density at radius 3 is 2.63 bits per heavy atom. The summed E-state index contributed by atoms with van der Waals surface area (Å²) in [5.74, 6) is -0.406. The van der Waals surface area contributed by atoms with Crippen LogP contribution in [0.1, 0.15) is 31.9 Å². The summed E-state index contributed by atoms with van der Waals surface area (Å²) in [5.41, 5.74) is 3.82. The number of carbonyl (C=O) groups excluding carboxylic acids is 2. The zero-order valence-electron chi connectivity index (χ0n) is 16.4. The number of aryl methyl sites for hydroxylation is 1. The van der Waals surface area contributed by atoms with Crippen LogP contribution in [0, 0.1) is 13.8 Å². The van der Waals surface area contributed by atoms with Crippen molar-refractivity contribution in [2.75, 3.05) is 18.0 Å². The minimum atomic E-state index is -0.227. The lowest BCUT2D eigenvalue weighted by Crippen LogP contribution is -2.36. The summed E-state index contributed by atoms with van der Waals surface area (Å²) in [4.78, 5) is 33.1. The molecule has 2 aromatic carbocycles. The third-order valence-corrected chi connectivity index (χ3v) is 6.89. The van der Waals surface area contributed by atoms with E-state index >= 15 is 0 Å². The van der Waals surface area contributed by atoms with Crippen molar-refractivity contribution in [1.82, 2.24) is 0 Å². The molecule has 0 unspecified atom stereocenters. The number of halogens is 2. The molecule has 1 aliphatic rings. The van der Waals surface area contributed by atoms with Gasteiger partial charge in [0.15, 0.2) is 5.78 Å². The number of hydrogen-bond donors (Lipinski definition) is 0. The molecule has 0 N–H and O–H groups in total. The van der Waals surface area contributed by atoms with Gasteiger partial charge in [-0.25, -0.2) is 0 Å². The number of ketones is 1. The number of nitrogens with zero attached hydrogens (tertiary/aromatic N) is 2. The molecule has 0 aliphatic carbocycles. The highest BCUT2D eigenvalue weighted by Crippen LogP contribution is 2.39. The van der Waals surface area contributed by atoms with Crippen molar-refractivity contribution in [3.63, 3.8) is 0 Å². The maximum atomic E-state index is 13.0. The SMILES string of the molecule is Cc1sc2c(c1C)C(c1ccccc1Cl)=NCC(=O)N2CC(=O)c1cccc(Cl)c1. The smallest absolute Gasteiger partial charge is 0.249 e. The molecule has 1 amide bonds. The van der Waals surface area contributed by atoms with Crippen LogP contribution < -0.4 is 4.90 Å². The summed E-state index contributed by atoms with van der Waals surface area (Å²) in [6, 6.07) is 14.2. The lowest BCUT2D eigenvalue weighted by molar-refractivity contribution is -0.117. The second-order valence-electron chi connectivity index (χ2n) is 7.02. The molecule has 1 aromatic heterocycles. The predicted octanol–water partition coefficient (Wildman–Crippen LogP) is 5.74. The number of benzene rings is 2. The first-order chi connectivity index (χ1) is 14.4. The number of amides is 1. The molecule has 152 valence electrons. The molecule has 7 heteroatoms. The van der Waals surface area contributed by atoms with E-state index in [0.717, 1.165) is 26.6 Å². The Kier molecular flexibility index (Phi) is 5.78. The first kappa shape index (κ1) is 20.8. The first-order valence-electron chi connectivity index (χ1n) is 9.35. The fraction of sp³-hybridized carbons (Fsp3) is 0.174. The Bertz CT molecular complexity index is 1200. The van der Waals surface area contributed by atoms with E-state index in [4.69, 9.17) is 23.2 Å². The molecule has 3 aromatic rings. The van der Waals surface area contributed by atoms with Crippen LogP contribution in [-0.2, 0) is 4.79 Å². The van der Waals surface area contributed by atoms with E-state index in [1.54, 1.807) is 30.3 Å². The van der Waals surface area contributed by atoms with Gasteiger partial charge in [-0.2, -0.15) is 0 Å². The summed E-state index contributed by atoms with van der Waals surface area (Å²) in [6.07, 6.45) is 0. The summed E-state index contributed by atoms with van der Waals surface area (Å²) in [7, 11) is 0. The van der Waals surface area contributed by atoms with E-state index in [-0.39, 0.29) is 24.8 Å². The van der Waals surface area contributed by atoms with Gasteiger partial charge in [-0.05, 0) is 37.6 Å². The van der Waals surface area contributed by atoms with Crippen molar-refractivity contribution in [3.05, 3.63) is 85.7 Å². The number of hydrogen-bond acceptors (Lipinski definition) is 4. The van der Waals surface area contributed by atoms with E-state index in [9.17, 15) is 9.59 Å². The average molecular weight is 457 g/mol. The molecule has 1 aliphatic heterocycles. The monoisotopic (exact) mass is 456 g/mol. The maximum Gasteiger partial charge on any atom is 0.249 e. The summed E-state index contributed by atoms with van der Waals surface area (Å²) >= 11 is 14.0. The van der Waals surface area contributed by atoms with Crippen LogP contribution in [0.4, 0.5) is 5.00 Å². The van der Waals surface area contributed by atoms with Crippen LogP contribution in [0.3, 0.4) is 0 Å². The highest BCUT2D eigenvalue weighted by atomic mass is 35.5. The van der Waals surface area contributed by atoms with Gasteiger partial charge >= 0.3 is 0 Å². The van der Waals surface area contributed by atoms with Crippen LogP contribution in [0.2, 0.25) is 10.0 Å². The molecular formula is C23H18Cl2N2O2S. The fourth-order valence-electron chi connectivity index (χ4n) is 3.43. The number of aliphatic imine (C=N–C) groups is 1. The summed E-state index contributed by atoms with van der Waals surface area (Å²) in [6.45, 7) is 3.88. The van der Waals surface area contributed by atoms with Gasteiger partial charge in [0.2, 0.25) is 5.91 Å². The molecule has 4 nitrogen and oxygen atoms in total. The predicted molar refractivity (Wildman–Crippen MR) is 124 cm³/mol. The molecule has 0 atom stereocenters. The van der Waals surface area contributed by atoms with Crippen molar-refractivity contribution >= 4 is 56.9 Å². The van der Waals surface area contributed by atoms with Crippen LogP contribution >= 0.6 is 34.5 Å². The second kappa shape index (κ2) is 8.34. The highest BCUT2D eigenvalue weighted by Gasteiger charge is 2.31. The van der Waals surface area contributed by atoms with E-state index in [2.05, 4.69) is 4.99 Å². The van der Waals surface area contributed by atoms with Crippen LogP contribution in [0.5, 0.6) is 0 Å². The Morgan fingerprint density at radius 1 is 1.13 bits per heavy atom. The second-order valence-corrected chi connectivity index (χ2v) is 9.07. The Morgan fingerprint density at radius 2 is 1.90 bits per heavy atom. The number of fused-ring (bicyclic) bond motifs is 1. The van der Waals surface area contributed by atoms with Crippen LogP contribution in [-0.4, -0.2) is 30.5 Å². The van der Waals surface area contributed by atoms with Gasteiger partial charge in [0.25, 0.3) is 0 Å². The quantitative estimate of drug-likeness (QED) is 0.470. The van der Waals surface area contributed by atoms with Gasteiger partial charge in [-0.1, -0.05) is 53.5 Å². The molecule has 4 rings (SSSR count). The molecule has 0 saturated carbocycles. The van der Waals surface area contributed by atoms with Crippen LogP contribution in [0.25, 0.3) is 0 Å². The van der Waals surface area contributed by atoms with E-state index in [0.29, 0.717) is 21.3 Å². The first-order valence-corrected chi connectivity index (χ1v) is 10.9. The third-order valence-electron chi connectivity index (χ3n) is 5.10. The zero-order valence-corrected chi connectivity index (χ0v) is 18.7. The summed E-state index contributed by atoms with van der Waals surface area (Å²) < 4.78 is 0. The van der Waals surface area contributed by atoms with Crippen molar-refractivity contribution in [1.29, 1.82) is 0 Å². The van der Waals surface area contributed by atoms with E-state index < -0.39 is 0 Å². The Balaban J connectivity index is 1.79. The van der Waals surface area contributed by atoms with Gasteiger partial charge in [0, 0.05) is 31.6 Å². The lowest BCUT2D eigenvalue weighted by atomic mass is 9.99. The van der Waals surface area contributed by atoms with E-state index in [1.165, 1.54) is 16.2 Å². The van der Waals surface area contributed by atoms with Gasteiger partial charge in [-0.15, -0.1) is 11.3 Å². The minimum Gasteiger partial charge on any atom is -0.294 e. The Labute approximate surface area is 188 Å². The standard InChI is InChI=1S/C23H18Cl2N2O2S/c1-13-14(2)30-23-21(13)22(17-8-3-4-9-18(17)25)26-11-20(29)27(23)12-19(28)15-6-5-7-16(24)10-15/h3-10H,11-12H2,1-2H3. The van der Waals surface area contributed by atoms with Crippen molar-refractivity contribution in [3.8, 4) is 0 Å². The number of anilines is 1. The molecule has 0 saturated heterocycles. The minimum absolute atomic E-state index is 0.0523. The number of thiophene rings is 1. The molecule has 0 spiro atoms. The van der Waals surface area contributed by atoms with Gasteiger partial charge in [0.1, 0.15) is 11.5 Å². The maximum absolute atomic E-state index is 13.0. The van der Waals surface area contributed by atoms with Crippen molar-refractivity contribution in [2.24, 2.45) is 4.99 Å². The third kappa shape index (κ3) is 3.81. The van der Waals surface area contributed by atoms with Gasteiger partial charge in [-0.3, -0.25) is 19.5 Å². The topological polar surface area (TPSA) is 49.7 Å². The van der Waals surface area contributed by atoms with Crippen molar-refractivity contribution < 1.29 is 9.59 Å². The molecule has 0 fully saturated rings. The fourth-order valence-corrected chi connectivity index (χ4v) is 5.02. The molecule has 0 bridgehead atoms. The molecule has 30 heavy (non-hydrogen) atoms. The lowest BCUT2D eigenvalue weighted by Gasteiger charge is -2.20. The largest absolute Gasteiger partial charge is 0.294 e. The number of carbonyl (C=O) groups is 2. The van der Waals surface area contributed by atoms with E-state index in [1.807, 2.05) is 32.0 Å². The molecule has 0 radical (unpaired) electrons.